The molecule has 0 fully saturated rings. The highest BCUT2D eigenvalue weighted by Gasteiger charge is 2.20. The van der Waals surface area contributed by atoms with Crippen molar-refractivity contribution in [3.63, 3.8) is 0 Å². The quantitative estimate of drug-likeness (QED) is 0.184. The van der Waals surface area contributed by atoms with Gasteiger partial charge in [-0.2, -0.15) is 0 Å². The van der Waals surface area contributed by atoms with Gasteiger partial charge >= 0.3 is 0 Å². The molecule has 9 rings (SSSR count). The maximum atomic E-state index is 6.71. The minimum atomic E-state index is 0.867. The Morgan fingerprint density at radius 3 is 1.87 bits per heavy atom. The van der Waals surface area contributed by atoms with E-state index in [2.05, 4.69) is 175 Å². The Hall–Kier alpha value is -5.90. The van der Waals surface area contributed by atoms with Crippen molar-refractivity contribution in [1.82, 2.24) is 0 Å². The third-order valence-corrected chi connectivity index (χ3v) is 9.99. The average Bonchev–Trinajstić information content (AvgIpc) is 3.71. The Morgan fingerprint density at radius 1 is 0.383 bits per heavy atom. The van der Waals surface area contributed by atoms with Crippen LogP contribution < -0.4 is 4.90 Å². The molecular weight excluding hydrogens is 591 g/mol. The van der Waals surface area contributed by atoms with Gasteiger partial charge in [-0.3, -0.25) is 0 Å². The predicted octanol–water partition coefficient (Wildman–Crippen LogP) is 13.3. The van der Waals surface area contributed by atoms with Crippen LogP contribution >= 0.6 is 11.3 Å². The molecule has 7 aromatic carbocycles. The van der Waals surface area contributed by atoms with Crippen LogP contribution in [0.2, 0.25) is 0 Å². The number of furan rings is 1. The van der Waals surface area contributed by atoms with Crippen LogP contribution in [0.5, 0.6) is 0 Å². The molecule has 0 radical (unpaired) electrons. The first-order valence-corrected chi connectivity index (χ1v) is 16.7. The summed E-state index contributed by atoms with van der Waals surface area (Å²) in [5.74, 6) is 0.867. The van der Waals surface area contributed by atoms with Crippen molar-refractivity contribution >= 4 is 59.5 Å². The summed E-state index contributed by atoms with van der Waals surface area (Å²) in [5.41, 5.74) is 9.81. The van der Waals surface area contributed by atoms with Crippen molar-refractivity contribution in [3.8, 4) is 33.6 Å². The molecule has 0 spiro atoms. The number of hydrogen-bond acceptors (Lipinski definition) is 3. The van der Waals surface area contributed by atoms with E-state index in [0.717, 1.165) is 50.5 Å². The van der Waals surface area contributed by atoms with E-state index in [9.17, 15) is 0 Å². The third-order valence-electron chi connectivity index (χ3n) is 8.86. The molecule has 9 aromatic rings. The molecule has 0 atom stereocenters. The topological polar surface area (TPSA) is 16.4 Å². The zero-order chi connectivity index (χ0) is 31.2. The van der Waals surface area contributed by atoms with E-state index >= 15 is 0 Å². The molecule has 222 valence electrons. The van der Waals surface area contributed by atoms with Gasteiger partial charge in [-0.15, -0.1) is 11.3 Å². The predicted molar refractivity (Wildman–Crippen MR) is 200 cm³/mol. The molecule has 3 heteroatoms. The van der Waals surface area contributed by atoms with Gasteiger partial charge in [0.25, 0.3) is 0 Å². The number of thiophene rings is 1. The fourth-order valence-electron chi connectivity index (χ4n) is 6.68. The first-order valence-electron chi connectivity index (χ1n) is 15.8. The number of fused-ring (bicyclic) bond motifs is 4. The number of nitrogens with zero attached hydrogens (tertiary/aromatic N) is 1. The Labute approximate surface area is 277 Å². The maximum absolute atomic E-state index is 6.71. The Balaban J connectivity index is 1.21. The maximum Gasteiger partial charge on any atom is 0.143 e. The van der Waals surface area contributed by atoms with E-state index in [1.54, 1.807) is 0 Å². The summed E-state index contributed by atoms with van der Waals surface area (Å²) in [5, 5.41) is 3.70. The van der Waals surface area contributed by atoms with Crippen molar-refractivity contribution in [2.45, 2.75) is 0 Å². The highest BCUT2D eigenvalue weighted by atomic mass is 32.1. The molecule has 0 amide bonds. The van der Waals surface area contributed by atoms with E-state index in [1.165, 1.54) is 31.3 Å². The summed E-state index contributed by atoms with van der Waals surface area (Å²) in [6.07, 6.45) is 0. The van der Waals surface area contributed by atoms with E-state index in [0.29, 0.717) is 0 Å². The molecule has 0 saturated carbocycles. The van der Waals surface area contributed by atoms with Gasteiger partial charge in [-0.05, 0) is 71.3 Å². The van der Waals surface area contributed by atoms with Crippen LogP contribution in [0.15, 0.2) is 180 Å². The molecular formula is C44H29NOS. The summed E-state index contributed by atoms with van der Waals surface area (Å²) >= 11 is 1.84. The summed E-state index contributed by atoms with van der Waals surface area (Å²) in [6.45, 7) is 0. The van der Waals surface area contributed by atoms with Crippen molar-refractivity contribution in [3.05, 3.63) is 176 Å². The van der Waals surface area contributed by atoms with E-state index < -0.39 is 0 Å². The van der Waals surface area contributed by atoms with Gasteiger partial charge in [0, 0.05) is 53.7 Å². The van der Waals surface area contributed by atoms with Crippen molar-refractivity contribution in [2.24, 2.45) is 0 Å². The van der Waals surface area contributed by atoms with Crippen LogP contribution in [0, 0.1) is 0 Å². The third kappa shape index (κ3) is 4.89. The molecule has 0 saturated heterocycles. The largest absolute Gasteiger partial charge is 0.455 e. The number of para-hydroxylation sites is 2. The van der Waals surface area contributed by atoms with Crippen LogP contribution in [-0.2, 0) is 0 Å². The van der Waals surface area contributed by atoms with E-state index in [1.807, 2.05) is 17.4 Å². The number of benzene rings is 7. The second-order valence-corrected chi connectivity index (χ2v) is 12.8. The van der Waals surface area contributed by atoms with Gasteiger partial charge in [-0.1, -0.05) is 121 Å². The van der Waals surface area contributed by atoms with Crippen molar-refractivity contribution in [2.75, 3.05) is 4.90 Å². The minimum Gasteiger partial charge on any atom is -0.455 e. The zero-order valence-electron chi connectivity index (χ0n) is 25.5. The van der Waals surface area contributed by atoms with E-state index in [-0.39, 0.29) is 0 Å². The smallest absolute Gasteiger partial charge is 0.143 e. The minimum absolute atomic E-state index is 0.867. The summed E-state index contributed by atoms with van der Waals surface area (Å²) < 4.78 is 9.29. The number of hydrogen-bond donors (Lipinski definition) is 0. The highest BCUT2D eigenvalue weighted by molar-refractivity contribution is 7.25. The summed E-state index contributed by atoms with van der Waals surface area (Å²) in [4.78, 5) is 2.34. The number of rotatable bonds is 6. The van der Waals surface area contributed by atoms with Gasteiger partial charge in [0.05, 0.1) is 0 Å². The fraction of sp³-hybridized carbons (Fsp3) is 0. The fourth-order valence-corrected chi connectivity index (χ4v) is 7.82. The van der Waals surface area contributed by atoms with Gasteiger partial charge in [0.1, 0.15) is 11.3 Å². The van der Waals surface area contributed by atoms with Crippen LogP contribution in [0.3, 0.4) is 0 Å². The molecule has 47 heavy (non-hydrogen) atoms. The van der Waals surface area contributed by atoms with Gasteiger partial charge in [-0.25, -0.2) is 0 Å². The second-order valence-electron chi connectivity index (χ2n) is 11.7. The van der Waals surface area contributed by atoms with Crippen LogP contribution in [0.4, 0.5) is 17.1 Å². The standard InChI is InChI=1S/C44H29NOS/c1-3-13-30(14-4-1)31-15-11-16-32(27-31)43-39-22-7-9-23-40(39)46-44(43)33-17-12-20-35(28-33)45(34-18-5-2-6-19-34)36-25-26-38-37-21-8-10-24-41(37)47-42(38)29-36/h1-29H. The Morgan fingerprint density at radius 2 is 1.00 bits per heavy atom. The van der Waals surface area contributed by atoms with Gasteiger partial charge in [0.15, 0.2) is 0 Å². The first kappa shape index (κ1) is 27.4. The van der Waals surface area contributed by atoms with Gasteiger partial charge < -0.3 is 9.32 Å². The van der Waals surface area contributed by atoms with Crippen LogP contribution in [0.25, 0.3) is 64.7 Å². The Kier molecular flexibility index (Phi) is 6.69. The SMILES string of the molecule is c1ccc(-c2cccc(-c3c(-c4cccc(N(c5ccccc5)c5ccc6c(c5)sc5ccccc56)c4)oc4ccccc34)c2)cc1. The van der Waals surface area contributed by atoms with Crippen LogP contribution in [0.1, 0.15) is 0 Å². The van der Waals surface area contributed by atoms with E-state index in [4.69, 9.17) is 4.42 Å². The zero-order valence-corrected chi connectivity index (χ0v) is 26.3. The normalized spacial score (nSPS) is 11.4. The number of anilines is 3. The molecule has 2 heterocycles. The van der Waals surface area contributed by atoms with Crippen molar-refractivity contribution in [1.29, 1.82) is 0 Å². The lowest BCUT2D eigenvalue weighted by Crippen LogP contribution is -2.09. The van der Waals surface area contributed by atoms with Gasteiger partial charge in [0.2, 0.25) is 0 Å². The molecule has 0 aliphatic rings. The summed E-state index contributed by atoms with van der Waals surface area (Å²) in [6, 6.07) is 62.5. The summed E-state index contributed by atoms with van der Waals surface area (Å²) in [7, 11) is 0. The molecule has 0 N–H and O–H groups in total. The lowest BCUT2D eigenvalue weighted by atomic mass is 9.95. The Bertz CT molecular complexity index is 2530. The lowest BCUT2D eigenvalue weighted by Gasteiger charge is -2.26. The molecule has 2 aromatic heterocycles. The molecule has 0 bridgehead atoms. The molecule has 0 unspecified atom stereocenters. The van der Waals surface area contributed by atoms with Crippen molar-refractivity contribution < 1.29 is 4.42 Å². The first-order chi connectivity index (χ1) is 23.3. The average molecular weight is 620 g/mol. The monoisotopic (exact) mass is 619 g/mol. The molecule has 0 aliphatic carbocycles. The second kappa shape index (κ2) is 11.5. The molecule has 2 nitrogen and oxygen atoms in total. The van der Waals surface area contributed by atoms with Crippen LogP contribution in [-0.4, -0.2) is 0 Å². The highest BCUT2D eigenvalue weighted by Crippen LogP contribution is 2.45. The molecule has 0 aliphatic heterocycles. The lowest BCUT2D eigenvalue weighted by molar-refractivity contribution is 0.632.